The monoisotopic (exact) mass is 415 g/mol. The minimum absolute atomic E-state index is 0.504. The van der Waals surface area contributed by atoms with E-state index in [4.69, 9.17) is 4.74 Å². The second kappa shape index (κ2) is 6.45. The van der Waals surface area contributed by atoms with Gasteiger partial charge in [-0.25, -0.2) is 14.5 Å². The lowest BCUT2D eigenvalue weighted by Crippen LogP contribution is -2.03. The number of nitrogens with one attached hydrogen (secondary N) is 1. The molecule has 0 bridgehead atoms. The summed E-state index contributed by atoms with van der Waals surface area (Å²) in [6.07, 6.45) is 1.78. The highest BCUT2D eigenvalue weighted by Gasteiger charge is 2.16. The third-order valence-electron chi connectivity index (χ3n) is 3.74. The van der Waals surface area contributed by atoms with Crippen LogP contribution in [0.15, 0.2) is 46.4 Å². The zero-order chi connectivity index (χ0) is 17.4. The Morgan fingerprint density at radius 3 is 2.68 bits per heavy atom. The van der Waals surface area contributed by atoms with Crippen molar-refractivity contribution < 1.29 is 4.74 Å². The highest BCUT2D eigenvalue weighted by atomic mass is 79.9. The molecule has 4 aromatic rings. The first-order valence-electron chi connectivity index (χ1n) is 7.52. The average molecular weight is 416 g/mol. The number of anilines is 2. The van der Waals surface area contributed by atoms with Crippen molar-refractivity contribution in [1.82, 2.24) is 19.6 Å². The minimum Gasteiger partial charge on any atom is -0.497 e. The van der Waals surface area contributed by atoms with E-state index in [2.05, 4.69) is 36.3 Å². The van der Waals surface area contributed by atoms with E-state index in [-0.39, 0.29) is 0 Å². The Morgan fingerprint density at radius 2 is 2.00 bits per heavy atom. The first kappa shape index (κ1) is 16.0. The topological polar surface area (TPSA) is 64.3 Å². The van der Waals surface area contributed by atoms with Gasteiger partial charge in [0, 0.05) is 10.2 Å². The van der Waals surface area contributed by atoms with Crippen LogP contribution in [0, 0.1) is 6.92 Å². The summed E-state index contributed by atoms with van der Waals surface area (Å²) in [6, 6.07) is 9.62. The Balaban J connectivity index is 1.75. The van der Waals surface area contributed by atoms with Crippen LogP contribution in [0.4, 0.5) is 11.6 Å². The summed E-state index contributed by atoms with van der Waals surface area (Å²) in [5.74, 6) is 2.11. The maximum absolute atomic E-state index is 5.17. The van der Waals surface area contributed by atoms with Gasteiger partial charge >= 0.3 is 0 Å². The zero-order valence-corrected chi connectivity index (χ0v) is 15.9. The van der Waals surface area contributed by atoms with Crippen molar-refractivity contribution in [3.8, 4) is 16.5 Å². The van der Waals surface area contributed by atoms with E-state index in [0.717, 1.165) is 37.8 Å². The Kier molecular flexibility index (Phi) is 4.14. The lowest BCUT2D eigenvalue weighted by atomic mass is 10.3. The fraction of sp³-hybridized carbons (Fsp3) is 0.118. The highest BCUT2D eigenvalue weighted by Crippen LogP contribution is 2.33. The Bertz CT molecular complexity index is 1040. The zero-order valence-electron chi connectivity index (χ0n) is 13.5. The molecule has 0 aliphatic rings. The Labute approximate surface area is 156 Å². The van der Waals surface area contributed by atoms with E-state index in [1.165, 1.54) is 0 Å². The molecule has 3 aromatic heterocycles. The van der Waals surface area contributed by atoms with Gasteiger partial charge in [0.25, 0.3) is 0 Å². The number of methoxy groups -OCH3 is 1. The predicted octanol–water partition coefficient (Wildman–Crippen LogP) is 4.68. The van der Waals surface area contributed by atoms with Crippen molar-refractivity contribution in [2.24, 2.45) is 0 Å². The van der Waals surface area contributed by atoms with Gasteiger partial charge in [-0.15, -0.1) is 16.4 Å². The van der Waals surface area contributed by atoms with Crippen molar-refractivity contribution in [3.05, 3.63) is 52.1 Å². The molecular formula is C17H14BrN5OS. The molecule has 0 radical (unpaired) electrons. The molecule has 0 amide bonds. The maximum Gasteiger partial charge on any atom is 0.245 e. The molecule has 4 rings (SSSR count). The first-order valence-corrected chi connectivity index (χ1v) is 9.20. The first-order chi connectivity index (χ1) is 12.2. The van der Waals surface area contributed by atoms with E-state index in [0.29, 0.717) is 5.95 Å². The number of aromatic nitrogens is 4. The van der Waals surface area contributed by atoms with E-state index < -0.39 is 0 Å². The number of ether oxygens (including phenoxy) is 1. The van der Waals surface area contributed by atoms with Crippen molar-refractivity contribution >= 4 is 44.4 Å². The van der Waals surface area contributed by atoms with Gasteiger partial charge in [-0.3, -0.25) is 0 Å². The molecule has 1 N–H and O–H groups in total. The molecule has 126 valence electrons. The van der Waals surface area contributed by atoms with Gasteiger partial charge in [-0.1, -0.05) is 0 Å². The number of hydrogen-bond donors (Lipinski definition) is 1. The standard InChI is InChI=1S/C17H14BrN5OS/c1-10-14-9-19-17(21-11-3-5-12(24-2)6-4-11)22-23(14)16(20-10)15-13(18)7-8-25-15/h3-9H,1-2H3,(H,21,22). The molecular weight excluding hydrogens is 402 g/mol. The summed E-state index contributed by atoms with van der Waals surface area (Å²) in [4.78, 5) is 10.1. The largest absolute Gasteiger partial charge is 0.497 e. The van der Waals surface area contributed by atoms with E-state index >= 15 is 0 Å². The fourth-order valence-electron chi connectivity index (χ4n) is 2.48. The molecule has 0 saturated carbocycles. The van der Waals surface area contributed by atoms with E-state index in [1.54, 1.807) is 24.6 Å². The molecule has 1 aromatic carbocycles. The average Bonchev–Trinajstić information content (AvgIpc) is 3.19. The summed E-state index contributed by atoms with van der Waals surface area (Å²) in [5, 5.41) is 9.85. The number of nitrogens with zero attached hydrogens (tertiary/aromatic N) is 4. The smallest absolute Gasteiger partial charge is 0.245 e. The van der Waals surface area contributed by atoms with Crippen LogP contribution in [0.3, 0.4) is 0 Å². The normalized spacial score (nSPS) is 11.0. The number of imidazole rings is 1. The second-order valence-corrected chi connectivity index (χ2v) is 7.12. The number of hydrogen-bond acceptors (Lipinski definition) is 6. The Morgan fingerprint density at radius 1 is 1.20 bits per heavy atom. The number of aryl methyl sites for hydroxylation is 1. The summed E-state index contributed by atoms with van der Waals surface area (Å²) in [7, 11) is 1.64. The second-order valence-electron chi connectivity index (χ2n) is 5.35. The van der Waals surface area contributed by atoms with Crippen LogP contribution in [0.25, 0.3) is 16.2 Å². The lowest BCUT2D eigenvalue weighted by Gasteiger charge is -2.07. The van der Waals surface area contributed by atoms with Crippen LogP contribution in [-0.2, 0) is 0 Å². The SMILES string of the molecule is COc1ccc(Nc2ncc3c(C)nc(-c4sccc4Br)n3n2)cc1. The molecule has 0 atom stereocenters. The summed E-state index contributed by atoms with van der Waals surface area (Å²) in [6.45, 7) is 1.96. The minimum atomic E-state index is 0.504. The summed E-state index contributed by atoms with van der Waals surface area (Å²) >= 11 is 5.19. The number of thiophene rings is 1. The molecule has 3 heterocycles. The van der Waals surface area contributed by atoms with Gasteiger partial charge < -0.3 is 10.1 Å². The van der Waals surface area contributed by atoms with Crippen LogP contribution >= 0.6 is 27.3 Å². The summed E-state index contributed by atoms with van der Waals surface area (Å²) in [5.41, 5.74) is 2.66. The van der Waals surface area contributed by atoms with E-state index in [1.807, 2.05) is 47.2 Å². The van der Waals surface area contributed by atoms with Crippen LogP contribution in [0.5, 0.6) is 5.75 Å². The van der Waals surface area contributed by atoms with Gasteiger partial charge in [-0.2, -0.15) is 0 Å². The van der Waals surface area contributed by atoms with Crippen LogP contribution < -0.4 is 10.1 Å². The Hall–Kier alpha value is -2.45. The number of rotatable bonds is 4. The number of benzene rings is 1. The van der Waals surface area contributed by atoms with Crippen molar-refractivity contribution in [2.75, 3.05) is 12.4 Å². The molecule has 0 aliphatic carbocycles. The third-order valence-corrected chi connectivity index (χ3v) is 5.58. The van der Waals surface area contributed by atoms with Crippen LogP contribution in [0.2, 0.25) is 0 Å². The molecule has 0 fully saturated rings. The third kappa shape index (κ3) is 2.98. The van der Waals surface area contributed by atoms with Gasteiger partial charge in [0.2, 0.25) is 5.95 Å². The van der Waals surface area contributed by atoms with Gasteiger partial charge in [-0.05, 0) is 58.6 Å². The summed E-state index contributed by atoms with van der Waals surface area (Å²) < 4.78 is 8.00. The predicted molar refractivity (Wildman–Crippen MR) is 103 cm³/mol. The van der Waals surface area contributed by atoms with E-state index in [9.17, 15) is 0 Å². The van der Waals surface area contributed by atoms with Crippen molar-refractivity contribution in [2.45, 2.75) is 6.92 Å². The highest BCUT2D eigenvalue weighted by molar-refractivity contribution is 9.10. The van der Waals surface area contributed by atoms with Crippen molar-refractivity contribution in [1.29, 1.82) is 0 Å². The lowest BCUT2D eigenvalue weighted by molar-refractivity contribution is 0.415. The fourth-order valence-corrected chi connectivity index (χ4v) is 4.01. The molecule has 0 unspecified atom stereocenters. The molecule has 0 saturated heterocycles. The molecule has 8 heteroatoms. The molecule has 25 heavy (non-hydrogen) atoms. The number of fused-ring (bicyclic) bond motifs is 1. The van der Waals surface area contributed by atoms with Gasteiger partial charge in [0.05, 0.1) is 23.9 Å². The molecule has 0 aliphatic heterocycles. The van der Waals surface area contributed by atoms with Crippen LogP contribution in [-0.4, -0.2) is 26.7 Å². The van der Waals surface area contributed by atoms with Crippen molar-refractivity contribution in [3.63, 3.8) is 0 Å². The molecule has 0 spiro atoms. The quantitative estimate of drug-likeness (QED) is 0.524. The van der Waals surface area contributed by atoms with Gasteiger partial charge in [0.1, 0.15) is 11.3 Å². The molecule has 6 nitrogen and oxygen atoms in total. The van der Waals surface area contributed by atoms with Gasteiger partial charge in [0.15, 0.2) is 5.82 Å². The van der Waals surface area contributed by atoms with Crippen LogP contribution in [0.1, 0.15) is 5.69 Å². The number of halogens is 1. The maximum atomic E-state index is 5.17.